The molecule has 0 bridgehead atoms. The molecule has 7 heteroatoms. The van der Waals surface area contributed by atoms with Gasteiger partial charge in [0.25, 0.3) is 0 Å². The van der Waals surface area contributed by atoms with Crippen LogP contribution < -0.4 is 0 Å². The number of benzene rings is 1. The Kier molecular flexibility index (Phi) is 7.35. The predicted octanol–water partition coefficient (Wildman–Crippen LogP) is 3.49. The number of aryl methyl sites for hydroxylation is 1. The van der Waals surface area contributed by atoms with E-state index in [4.69, 9.17) is 19.0 Å². The first kappa shape index (κ1) is 22.0. The van der Waals surface area contributed by atoms with E-state index >= 15 is 0 Å². The van der Waals surface area contributed by atoms with E-state index in [1.165, 1.54) is 5.56 Å². The highest BCUT2D eigenvalue weighted by Crippen LogP contribution is 2.38. The van der Waals surface area contributed by atoms with E-state index in [-0.39, 0.29) is 17.2 Å². The van der Waals surface area contributed by atoms with Gasteiger partial charge < -0.3 is 18.9 Å². The highest BCUT2D eigenvalue weighted by atomic mass is 16.5. The number of ether oxygens (including phenoxy) is 2. The molecule has 1 amide bonds. The number of hydrogen-bond donors (Lipinski definition) is 0. The third-order valence-corrected chi connectivity index (χ3v) is 6.81. The molecule has 1 aromatic carbocycles. The summed E-state index contributed by atoms with van der Waals surface area (Å²) in [5.74, 6) is 2.02. The molecule has 0 atom stereocenters. The third kappa shape index (κ3) is 5.33. The fourth-order valence-corrected chi connectivity index (χ4v) is 4.68. The highest BCUT2D eigenvalue weighted by Gasteiger charge is 2.41. The smallest absolute Gasteiger partial charge is 0.229 e. The standard InChI is InChI=1S/C24H33N3O4/c1-29-18-13-24(23-25-22(31-26-23)20-9-16-30-17-10-20)11-14-27(15-12-24)21(28)8-7-19-5-3-2-4-6-19/h2-6,20H,7-18H2,1H3. The van der Waals surface area contributed by atoms with Crippen LogP contribution in [0.25, 0.3) is 0 Å². The Bertz CT molecular complexity index is 824. The average Bonchev–Trinajstić information content (AvgIpc) is 3.34. The Hall–Kier alpha value is -2.25. The summed E-state index contributed by atoms with van der Waals surface area (Å²) in [7, 11) is 1.72. The molecule has 31 heavy (non-hydrogen) atoms. The molecule has 0 saturated carbocycles. The normalized spacial score (nSPS) is 19.5. The summed E-state index contributed by atoms with van der Waals surface area (Å²) in [4.78, 5) is 19.6. The lowest BCUT2D eigenvalue weighted by Crippen LogP contribution is -2.46. The van der Waals surface area contributed by atoms with Gasteiger partial charge >= 0.3 is 0 Å². The quantitative estimate of drug-likeness (QED) is 0.642. The van der Waals surface area contributed by atoms with E-state index < -0.39 is 0 Å². The van der Waals surface area contributed by atoms with Gasteiger partial charge in [0.15, 0.2) is 5.82 Å². The van der Waals surface area contributed by atoms with Crippen molar-refractivity contribution in [2.75, 3.05) is 40.0 Å². The van der Waals surface area contributed by atoms with Gasteiger partial charge in [-0.15, -0.1) is 0 Å². The monoisotopic (exact) mass is 427 g/mol. The van der Waals surface area contributed by atoms with Crippen LogP contribution in [0.2, 0.25) is 0 Å². The molecule has 0 aliphatic carbocycles. The highest BCUT2D eigenvalue weighted by molar-refractivity contribution is 5.76. The summed E-state index contributed by atoms with van der Waals surface area (Å²) >= 11 is 0. The number of carbonyl (C=O) groups excluding carboxylic acids is 1. The van der Waals surface area contributed by atoms with Gasteiger partial charge in [-0.05, 0) is 44.1 Å². The zero-order valence-electron chi connectivity index (χ0n) is 18.4. The minimum absolute atomic E-state index is 0.195. The van der Waals surface area contributed by atoms with Crippen molar-refractivity contribution < 1.29 is 18.8 Å². The van der Waals surface area contributed by atoms with E-state index in [0.29, 0.717) is 13.0 Å². The van der Waals surface area contributed by atoms with Crippen molar-refractivity contribution in [3.05, 3.63) is 47.6 Å². The van der Waals surface area contributed by atoms with Gasteiger partial charge in [-0.2, -0.15) is 4.98 Å². The SMILES string of the molecule is COCCC1(c2noc(C3CCOCC3)n2)CCN(C(=O)CCc2ccccc2)CC1. The van der Waals surface area contributed by atoms with Gasteiger partial charge in [0.2, 0.25) is 11.8 Å². The number of rotatable bonds is 8. The Labute approximate surface area is 184 Å². The topological polar surface area (TPSA) is 77.7 Å². The number of aromatic nitrogens is 2. The molecule has 7 nitrogen and oxygen atoms in total. The summed E-state index contributed by atoms with van der Waals surface area (Å²) in [6, 6.07) is 10.2. The van der Waals surface area contributed by atoms with E-state index in [0.717, 1.165) is 76.5 Å². The zero-order chi connectivity index (χ0) is 21.5. The van der Waals surface area contributed by atoms with E-state index in [1.54, 1.807) is 7.11 Å². The summed E-state index contributed by atoms with van der Waals surface area (Å²) < 4.78 is 16.5. The fourth-order valence-electron chi connectivity index (χ4n) is 4.68. The zero-order valence-corrected chi connectivity index (χ0v) is 18.4. The molecule has 0 N–H and O–H groups in total. The molecular weight excluding hydrogens is 394 g/mol. The van der Waals surface area contributed by atoms with Crippen molar-refractivity contribution in [2.45, 2.75) is 56.3 Å². The van der Waals surface area contributed by atoms with Crippen LogP contribution in [0.4, 0.5) is 0 Å². The summed E-state index contributed by atoms with van der Waals surface area (Å²) in [5, 5.41) is 4.40. The van der Waals surface area contributed by atoms with Gasteiger partial charge in [-0.3, -0.25) is 4.79 Å². The third-order valence-electron chi connectivity index (χ3n) is 6.81. The number of nitrogens with zero attached hydrogens (tertiary/aromatic N) is 3. The molecule has 2 aliphatic rings. The molecule has 2 fully saturated rings. The number of piperidine rings is 1. The molecule has 4 rings (SSSR count). The van der Waals surface area contributed by atoms with Crippen LogP contribution in [0, 0.1) is 0 Å². The molecule has 3 heterocycles. The van der Waals surface area contributed by atoms with Crippen molar-refractivity contribution >= 4 is 5.91 Å². The molecule has 0 unspecified atom stereocenters. The molecule has 2 aliphatic heterocycles. The molecule has 0 spiro atoms. The molecule has 0 radical (unpaired) electrons. The van der Waals surface area contributed by atoms with Crippen LogP contribution in [0.15, 0.2) is 34.9 Å². The van der Waals surface area contributed by atoms with Gasteiger partial charge in [-0.25, -0.2) is 0 Å². The second kappa shape index (κ2) is 10.4. The minimum atomic E-state index is -0.195. The van der Waals surface area contributed by atoms with Crippen molar-refractivity contribution in [3.8, 4) is 0 Å². The van der Waals surface area contributed by atoms with Crippen LogP contribution in [-0.2, 0) is 26.1 Å². The van der Waals surface area contributed by atoms with E-state index in [9.17, 15) is 4.79 Å². The lowest BCUT2D eigenvalue weighted by atomic mass is 9.75. The average molecular weight is 428 g/mol. The van der Waals surface area contributed by atoms with Gasteiger partial charge in [0.05, 0.1) is 0 Å². The first-order chi connectivity index (χ1) is 15.2. The summed E-state index contributed by atoms with van der Waals surface area (Å²) in [5.41, 5.74) is 1.01. The maximum Gasteiger partial charge on any atom is 0.229 e. The summed E-state index contributed by atoms with van der Waals surface area (Å²) in [6.45, 7) is 3.58. The number of methoxy groups -OCH3 is 1. The summed E-state index contributed by atoms with van der Waals surface area (Å²) in [6.07, 6.45) is 5.69. The van der Waals surface area contributed by atoms with E-state index in [1.807, 2.05) is 23.1 Å². The van der Waals surface area contributed by atoms with Gasteiger partial charge in [0, 0.05) is 57.8 Å². The van der Waals surface area contributed by atoms with Crippen LogP contribution in [0.3, 0.4) is 0 Å². The van der Waals surface area contributed by atoms with Gasteiger partial charge in [-0.1, -0.05) is 35.5 Å². The van der Waals surface area contributed by atoms with Crippen LogP contribution in [-0.4, -0.2) is 61.0 Å². The second-order valence-electron chi connectivity index (χ2n) is 8.73. The Morgan fingerprint density at radius 1 is 1.19 bits per heavy atom. The number of carbonyl (C=O) groups is 1. The number of amides is 1. The van der Waals surface area contributed by atoms with Crippen molar-refractivity contribution in [1.82, 2.24) is 15.0 Å². The van der Waals surface area contributed by atoms with Crippen LogP contribution >= 0.6 is 0 Å². The first-order valence-corrected chi connectivity index (χ1v) is 11.4. The molecule has 2 aromatic rings. The lowest BCUT2D eigenvalue weighted by Gasteiger charge is -2.40. The fraction of sp³-hybridized carbons (Fsp3) is 0.625. The Morgan fingerprint density at radius 3 is 2.65 bits per heavy atom. The predicted molar refractivity (Wildman–Crippen MR) is 116 cm³/mol. The second-order valence-corrected chi connectivity index (χ2v) is 8.73. The lowest BCUT2D eigenvalue weighted by molar-refractivity contribution is -0.133. The molecule has 168 valence electrons. The van der Waals surface area contributed by atoms with Crippen molar-refractivity contribution in [2.24, 2.45) is 0 Å². The molecular formula is C24H33N3O4. The maximum atomic E-state index is 12.8. The van der Waals surface area contributed by atoms with Crippen LogP contribution in [0.1, 0.15) is 61.7 Å². The first-order valence-electron chi connectivity index (χ1n) is 11.4. The van der Waals surface area contributed by atoms with Crippen molar-refractivity contribution in [3.63, 3.8) is 0 Å². The largest absolute Gasteiger partial charge is 0.385 e. The Balaban J connectivity index is 1.39. The molecule has 2 saturated heterocycles. The maximum absolute atomic E-state index is 12.8. The Morgan fingerprint density at radius 2 is 1.94 bits per heavy atom. The number of hydrogen-bond acceptors (Lipinski definition) is 6. The van der Waals surface area contributed by atoms with E-state index in [2.05, 4.69) is 17.3 Å². The minimum Gasteiger partial charge on any atom is -0.385 e. The van der Waals surface area contributed by atoms with Crippen LogP contribution in [0.5, 0.6) is 0 Å². The van der Waals surface area contributed by atoms with Crippen molar-refractivity contribution in [1.29, 1.82) is 0 Å². The molecule has 1 aromatic heterocycles. The number of likely N-dealkylation sites (tertiary alicyclic amines) is 1. The van der Waals surface area contributed by atoms with Gasteiger partial charge in [0.1, 0.15) is 0 Å².